The number of carbonyl (C=O) groups excluding carboxylic acids is 3. The van der Waals surface area contributed by atoms with E-state index in [1.165, 1.54) is 0 Å². The van der Waals surface area contributed by atoms with E-state index < -0.39 is 59.5 Å². The lowest BCUT2D eigenvalue weighted by molar-refractivity contribution is -0.157. The van der Waals surface area contributed by atoms with Gasteiger partial charge in [-0.25, -0.2) is 0 Å². The van der Waals surface area contributed by atoms with Crippen LogP contribution in [-0.4, -0.2) is 37.4 Å². The standard InChI is InChI=1S/C8H8O8S/c9-5-2-4(8(13)16-17(14)15)6(10)1-3(5)7(11)12/h3-4H,1-2H2,(H,11,12)(H,14,15). The Morgan fingerprint density at radius 2 is 1.65 bits per heavy atom. The van der Waals surface area contributed by atoms with Gasteiger partial charge in [0.15, 0.2) is 0 Å². The van der Waals surface area contributed by atoms with Gasteiger partial charge in [0, 0.05) is 12.8 Å². The van der Waals surface area contributed by atoms with Crippen LogP contribution in [0.25, 0.3) is 0 Å². The maximum absolute atomic E-state index is 11.4. The van der Waals surface area contributed by atoms with Crippen molar-refractivity contribution in [3.63, 3.8) is 0 Å². The van der Waals surface area contributed by atoms with E-state index in [0.717, 1.165) is 0 Å². The molecule has 0 aromatic heterocycles. The molecule has 0 spiro atoms. The van der Waals surface area contributed by atoms with Crippen LogP contribution in [0.5, 0.6) is 0 Å². The first kappa shape index (κ1) is 13.5. The van der Waals surface area contributed by atoms with Crippen LogP contribution in [-0.2, 0) is 34.7 Å². The number of rotatable bonds is 3. The molecule has 0 aromatic rings. The molecule has 0 amide bonds. The van der Waals surface area contributed by atoms with Gasteiger partial charge in [0.1, 0.15) is 23.4 Å². The number of carboxylic acids is 1. The van der Waals surface area contributed by atoms with E-state index in [-0.39, 0.29) is 0 Å². The van der Waals surface area contributed by atoms with E-state index in [9.17, 15) is 23.4 Å². The second-order valence-corrected chi connectivity index (χ2v) is 4.00. The highest BCUT2D eigenvalue weighted by atomic mass is 32.2. The molecule has 3 atom stereocenters. The topological polar surface area (TPSA) is 135 Å². The third-order valence-corrected chi connectivity index (χ3v) is 2.63. The van der Waals surface area contributed by atoms with Gasteiger partial charge in [-0.05, 0) is 0 Å². The number of ketones is 2. The highest BCUT2D eigenvalue weighted by molar-refractivity contribution is 7.74. The summed E-state index contributed by atoms with van der Waals surface area (Å²) in [5.41, 5.74) is 0. The molecule has 1 saturated carbocycles. The zero-order chi connectivity index (χ0) is 13.2. The van der Waals surface area contributed by atoms with Crippen molar-refractivity contribution in [1.29, 1.82) is 0 Å². The second-order valence-electron chi connectivity index (χ2n) is 3.40. The number of hydrogen-bond acceptors (Lipinski definition) is 6. The largest absolute Gasteiger partial charge is 0.481 e. The maximum Gasteiger partial charge on any atom is 0.360 e. The van der Waals surface area contributed by atoms with Crippen LogP contribution in [0.15, 0.2) is 0 Å². The molecular weight excluding hydrogens is 256 g/mol. The molecule has 1 rings (SSSR count). The lowest BCUT2D eigenvalue weighted by atomic mass is 9.80. The molecule has 0 aromatic carbocycles. The van der Waals surface area contributed by atoms with Crippen molar-refractivity contribution in [2.45, 2.75) is 12.8 Å². The monoisotopic (exact) mass is 264 g/mol. The summed E-state index contributed by atoms with van der Waals surface area (Å²) < 4.78 is 22.3. The Morgan fingerprint density at radius 1 is 1.18 bits per heavy atom. The Bertz CT molecular complexity index is 414. The molecule has 0 heterocycles. The smallest absolute Gasteiger partial charge is 0.360 e. The molecule has 1 aliphatic carbocycles. The van der Waals surface area contributed by atoms with E-state index in [4.69, 9.17) is 9.66 Å². The molecule has 0 saturated heterocycles. The van der Waals surface area contributed by atoms with Crippen LogP contribution in [0.3, 0.4) is 0 Å². The Kier molecular flexibility index (Phi) is 4.07. The molecule has 17 heavy (non-hydrogen) atoms. The van der Waals surface area contributed by atoms with E-state index in [1.54, 1.807) is 0 Å². The first-order chi connectivity index (χ1) is 7.82. The van der Waals surface area contributed by atoms with Gasteiger partial charge in [-0.2, -0.15) is 4.21 Å². The first-order valence-electron chi connectivity index (χ1n) is 4.44. The lowest BCUT2D eigenvalue weighted by Crippen LogP contribution is -2.40. The highest BCUT2D eigenvalue weighted by Gasteiger charge is 2.43. The third kappa shape index (κ3) is 3.17. The summed E-state index contributed by atoms with van der Waals surface area (Å²) in [7, 11) is 0. The molecule has 1 aliphatic rings. The molecule has 94 valence electrons. The molecule has 9 heteroatoms. The molecule has 8 nitrogen and oxygen atoms in total. The normalized spacial score (nSPS) is 26.4. The van der Waals surface area contributed by atoms with Crippen LogP contribution in [0, 0.1) is 11.8 Å². The quantitative estimate of drug-likeness (QED) is 0.485. The van der Waals surface area contributed by atoms with Crippen molar-refractivity contribution in [2.75, 3.05) is 0 Å². The van der Waals surface area contributed by atoms with Gasteiger partial charge in [0.25, 0.3) is 0 Å². The van der Waals surface area contributed by atoms with Crippen molar-refractivity contribution in [2.24, 2.45) is 11.8 Å². The fourth-order valence-corrected chi connectivity index (χ4v) is 1.74. The zero-order valence-corrected chi connectivity index (χ0v) is 9.14. The fraction of sp³-hybridized carbons (Fsp3) is 0.500. The van der Waals surface area contributed by atoms with Gasteiger partial charge in [0.2, 0.25) is 0 Å². The first-order valence-corrected chi connectivity index (χ1v) is 5.47. The van der Waals surface area contributed by atoms with Crippen molar-refractivity contribution in [3.05, 3.63) is 0 Å². The van der Waals surface area contributed by atoms with Crippen LogP contribution in [0.4, 0.5) is 0 Å². The maximum atomic E-state index is 11.4. The summed E-state index contributed by atoms with van der Waals surface area (Å²) in [5, 5.41) is 8.62. The van der Waals surface area contributed by atoms with E-state index in [0.29, 0.717) is 0 Å². The minimum Gasteiger partial charge on any atom is -0.481 e. The summed E-state index contributed by atoms with van der Waals surface area (Å²) in [6, 6.07) is 0. The summed E-state index contributed by atoms with van der Waals surface area (Å²) in [4.78, 5) is 44.4. The van der Waals surface area contributed by atoms with E-state index in [2.05, 4.69) is 4.18 Å². The van der Waals surface area contributed by atoms with E-state index >= 15 is 0 Å². The number of hydrogen-bond donors (Lipinski definition) is 2. The second kappa shape index (κ2) is 5.15. The van der Waals surface area contributed by atoms with Crippen molar-refractivity contribution in [3.8, 4) is 0 Å². The minimum absolute atomic E-state index is 0.605. The van der Waals surface area contributed by atoms with Gasteiger partial charge in [0.05, 0.1) is 0 Å². The number of Topliss-reactive ketones (excluding diaryl/α,β-unsaturated/α-hetero) is 2. The third-order valence-electron chi connectivity index (χ3n) is 2.32. The van der Waals surface area contributed by atoms with Crippen LogP contribution >= 0.6 is 0 Å². The molecule has 1 fully saturated rings. The molecular formula is C8H8O8S. The average Bonchev–Trinajstić information content (AvgIpc) is 2.19. The Hall–Kier alpha value is -1.61. The summed E-state index contributed by atoms with van der Waals surface area (Å²) in [6.45, 7) is 0. The molecule has 0 aliphatic heterocycles. The Morgan fingerprint density at radius 3 is 2.12 bits per heavy atom. The molecule has 2 N–H and O–H groups in total. The Balaban J connectivity index is 2.77. The van der Waals surface area contributed by atoms with Gasteiger partial charge < -0.3 is 9.29 Å². The van der Waals surface area contributed by atoms with Gasteiger partial charge in [-0.3, -0.25) is 23.7 Å². The van der Waals surface area contributed by atoms with Gasteiger partial charge in [-0.1, -0.05) is 0 Å². The highest BCUT2D eigenvalue weighted by Crippen LogP contribution is 2.24. The van der Waals surface area contributed by atoms with Crippen molar-refractivity contribution >= 4 is 34.9 Å². The zero-order valence-electron chi connectivity index (χ0n) is 8.32. The molecule has 3 unspecified atom stereocenters. The predicted molar refractivity (Wildman–Crippen MR) is 50.7 cm³/mol. The van der Waals surface area contributed by atoms with Crippen LogP contribution < -0.4 is 0 Å². The van der Waals surface area contributed by atoms with Gasteiger partial charge in [-0.15, -0.1) is 0 Å². The molecule has 0 radical (unpaired) electrons. The summed E-state index contributed by atoms with van der Waals surface area (Å²) in [5.74, 6) is -7.23. The van der Waals surface area contributed by atoms with Crippen LogP contribution in [0.2, 0.25) is 0 Å². The predicted octanol–water partition coefficient (Wildman–Crippen LogP) is -1.08. The fourth-order valence-electron chi connectivity index (χ4n) is 1.48. The lowest BCUT2D eigenvalue weighted by Gasteiger charge is -2.21. The summed E-state index contributed by atoms with van der Waals surface area (Å²) >= 11 is -2.87. The van der Waals surface area contributed by atoms with E-state index in [1.807, 2.05) is 0 Å². The molecule has 0 bridgehead atoms. The van der Waals surface area contributed by atoms with Crippen molar-refractivity contribution < 1.29 is 37.2 Å². The average molecular weight is 264 g/mol. The van der Waals surface area contributed by atoms with Crippen LogP contribution in [0.1, 0.15) is 12.8 Å². The minimum atomic E-state index is -2.87. The van der Waals surface area contributed by atoms with Gasteiger partial charge >= 0.3 is 23.3 Å². The SMILES string of the molecule is O=C(O)C1CC(=O)C(C(=O)OS(=O)O)CC1=O. The number of carboxylic acid groups (broad SMARTS) is 1. The van der Waals surface area contributed by atoms with Crippen molar-refractivity contribution in [1.82, 2.24) is 0 Å². The Labute approximate surface area is 97.4 Å². The summed E-state index contributed by atoms with van der Waals surface area (Å²) in [6.07, 6.45) is -1.22. The number of aliphatic carboxylic acids is 1. The number of carbonyl (C=O) groups is 4.